The Kier molecular flexibility index (Phi) is 62.9. The predicted octanol–water partition coefficient (Wildman–Crippen LogP) is 27.3. The van der Waals surface area contributed by atoms with Gasteiger partial charge in [-0.3, -0.25) is 0 Å². The highest BCUT2D eigenvalue weighted by molar-refractivity contribution is 5.06. The van der Waals surface area contributed by atoms with Crippen molar-refractivity contribution in [3.8, 4) is 0 Å². The number of rotatable bonds is 26. The summed E-state index contributed by atoms with van der Waals surface area (Å²) >= 11 is 0. The van der Waals surface area contributed by atoms with Gasteiger partial charge in [-0.05, 0) is 147 Å². The van der Waals surface area contributed by atoms with Crippen LogP contribution in [-0.4, -0.2) is 24.5 Å². The van der Waals surface area contributed by atoms with Gasteiger partial charge in [-0.25, -0.2) is 0 Å². The molecule has 0 amide bonds. The Hall–Kier alpha value is -0.300. The highest BCUT2D eigenvalue weighted by Gasteiger charge is 2.57. The van der Waals surface area contributed by atoms with Crippen molar-refractivity contribution in [3.05, 3.63) is 12.2 Å². The first-order valence-electron chi connectivity index (χ1n) is 35.6. The molecule has 0 spiro atoms. The minimum Gasteiger partial charge on any atom is -0.303 e. The topological polar surface area (TPSA) is 3.24 Å². The van der Waals surface area contributed by atoms with Gasteiger partial charge in [0.15, 0.2) is 0 Å². The highest BCUT2D eigenvalue weighted by Crippen LogP contribution is 2.65. The monoisotopic (exact) mass is 1070 g/mol. The van der Waals surface area contributed by atoms with Crippen molar-refractivity contribution in [3.63, 3.8) is 0 Å². The number of unbranched alkanes of at least 4 members (excludes halogenated alkanes) is 12. The van der Waals surface area contributed by atoms with E-state index < -0.39 is 0 Å². The molecule has 0 N–H and O–H groups in total. The Morgan fingerprint density at radius 3 is 1.43 bits per heavy atom. The minimum absolute atomic E-state index is 0.500. The summed E-state index contributed by atoms with van der Waals surface area (Å²) in [5.74, 6) is 8.72. The fraction of sp³-hybridized carbons (Fsp3) is 0.973. The van der Waals surface area contributed by atoms with Gasteiger partial charge in [0, 0.05) is 13.1 Å². The van der Waals surface area contributed by atoms with Crippen molar-refractivity contribution in [1.29, 1.82) is 0 Å². The number of allylic oxidation sites excluding steroid dienone is 2. The van der Waals surface area contributed by atoms with Gasteiger partial charge >= 0.3 is 0 Å². The fourth-order valence-corrected chi connectivity index (χ4v) is 13.0. The normalized spacial score (nSPS) is 25.4. The summed E-state index contributed by atoms with van der Waals surface area (Å²) in [5.41, 5.74) is 1.79. The maximum Gasteiger partial charge on any atom is 0.000967 e. The van der Waals surface area contributed by atoms with Gasteiger partial charge in [0.2, 0.25) is 0 Å². The molecule has 0 aromatic rings. The van der Waals surface area contributed by atoms with E-state index in [2.05, 4.69) is 156 Å². The Morgan fingerprint density at radius 1 is 0.513 bits per heavy atom. The average Bonchev–Trinajstić information content (AvgIpc) is 4.00. The molecule has 0 radical (unpaired) electrons. The summed E-state index contributed by atoms with van der Waals surface area (Å²) in [6.45, 7) is 63.0. The van der Waals surface area contributed by atoms with E-state index in [1.165, 1.54) is 225 Å². The second kappa shape index (κ2) is 56.6. The Balaban J connectivity index is -0.000000295. The van der Waals surface area contributed by atoms with Gasteiger partial charge in [-0.15, -0.1) is 0 Å². The molecule has 4 fully saturated rings. The molecule has 1 saturated heterocycles. The summed E-state index contributed by atoms with van der Waals surface area (Å²) < 4.78 is 0. The van der Waals surface area contributed by atoms with Crippen LogP contribution in [0.3, 0.4) is 0 Å². The molecule has 1 heteroatoms. The van der Waals surface area contributed by atoms with Crippen LogP contribution in [0.25, 0.3) is 0 Å². The molecule has 1 heterocycles. The van der Waals surface area contributed by atoms with E-state index in [0.29, 0.717) is 16.2 Å². The number of likely N-dealkylation sites (tertiary alicyclic amines) is 1. The van der Waals surface area contributed by atoms with Crippen LogP contribution in [0.5, 0.6) is 0 Å². The summed E-state index contributed by atoms with van der Waals surface area (Å²) in [6.07, 6.45) is 50.1. The van der Waals surface area contributed by atoms with Gasteiger partial charge in [0.1, 0.15) is 0 Å². The lowest BCUT2D eigenvalue weighted by molar-refractivity contribution is -0.0642. The molecule has 0 aromatic heterocycles. The van der Waals surface area contributed by atoms with Crippen LogP contribution in [0.15, 0.2) is 12.2 Å². The largest absolute Gasteiger partial charge is 0.303 e. The molecule has 7 unspecified atom stereocenters. The molecular formula is C75H159N. The number of hydrogen-bond donors (Lipinski definition) is 0. The number of hydrogen-bond acceptors (Lipinski definition) is 1. The van der Waals surface area contributed by atoms with Gasteiger partial charge < -0.3 is 4.90 Å². The van der Waals surface area contributed by atoms with Crippen LogP contribution in [0.2, 0.25) is 0 Å². The van der Waals surface area contributed by atoms with Crippen molar-refractivity contribution < 1.29 is 0 Å². The Bertz CT molecular complexity index is 1100. The average molecular weight is 1080 g/mol. The molecular weight excluding hydrogens is 915 g/mol. The van der Waals surface area contributed by atoms with Crippen molar-refractivity contribution in [1.82, 2.24) is 4.90 Å². The molecule has 1 aliphatic heterocycles. The van der Waals surface area contributed by atoms with Gasteiger partial charge in [0.05, 0.1) is 0 Å². The van der Waals surface area contributed by atoms with Crippen LogP contribution in [-0.2, 0) is 0 Å². The summed E-state index contributed by atoms with van der Waals surface area (Å²) in [6, 6.07) is 0. The predicted molar refractivity (Wildman–Crippen MR) is 360 cm³/mol. The maximum atomic E-state index is 2.73. The zero-order chi connectivity index (χ0) is 59.4. The lowest BCUT2D eigenvalue weighted by Gasteiger charge is -2.56. The van der Waals surface area contributed by atoms with E-state index in [4.69, 9.17) is 0 Å². The molecule has 4 aliphatic rings. The summed E-state index contributed by atoms with van der Waals surface area (Å²) in [4.78, 5) is 2.68. The zero-order valence-electron chi connectivity index (χ0n) is 59.0. The fourth-order valence-electron chi connectivity index (χ4n) is 13.0. The molecule has 76 heavy (non-hydrogen) atoms. The third kappa shape index (κ3) is 44.4. The number of nitrogens with zero attached hydrogens (tertiary/aromatic N) is 1. The van der Waals surface area contributed by atoms with E-state index in [1.807, 2.05) is 41.5 Å². The Morgan fingerprint density at radius 2 is 1.01 bits per heavy atom. The standard InChI is InChI=1S/C28H52.C13H27N.C10H22.C9H18.C5H12.C4H10.3C2H6/c1-8-23-25(27(6)17-14-21(4)15-18-27)16-19-28(7)24(12-13-26(23)28)22(5)11-9-10-20(2)3;1-4-6-7-13(5-2)11-14-9-8-12(3)10-14;1-3-5-7-9-10-8-6-4-2;1-3-5-7-9-8-6-4-2;1-5(2,3)4;1-3-4-2;3*1-2/h20-26H,8-19H2,1-7H3;12-13H,4-11H2,1-3H3;3-10H2,1-2H3;5,7H,3-4,6,8-9H2,1-2H3;1-4H3;3-4H2,1-2H3;3*1-2H3/b;;;7-5-;;;;;/t21?,22-,23?,24?,25?,26?,27?,28?;;;;;;;;/m1......../s1. The lowest BCUT2D eigenvalue weighted by Crippen LogP contribution is -2.48. The molecule has 1 nitrogen and oxygen atoms in total. The van der Waals surface area contributed by atoms with Crippen LogP contribution >= 0.6 is 0 Å². The first kappa shape index (κ1) is 84.5. The quantitative estimate of drug-likeness (QED) is 0.0616. The van der Waals surface area contributed by atoms with E-state index in [9.17, 15) is 0 Å². The van der Waals surface area contributed by atoms with Crippen LogP contribution in [0.4, 0.5) is 0 Å². The summed E-state index contributed by atoms with van der Waals surface area (Å²) in [5, 5.41) is 0. The molecule has 464 valence electrons. The number of fused-ring (bicyclic) bond motifs is 1. The molecule has 0 bridgehead atoms. The highest BCUT2D eigenvalue weighted by atomic mass is 15.1. The zero-order valence-corrected chi connectivity index (χ0v) is 59.0. The van der Waals surface area contributed by atoms with Crippen LogP contribution in [0, 0.1) is 69.5 Å². The molecule has 4 rings (SSSR count). The van der Waals surface area contributed by atoms with E-state index in [0.717, 1.165) is 53.3 Å². The van der Waals surface area contributed by atoms with Crippen LogP contribution in [0.1, 0.15) is 385 Å². The van der Waals surface area contributed by atoms with E-state index in [1.54, 1.807) is 0 Å². The molecule has 3 aliphatic carbocycles. The lowest BCUT2D eigenvalue weighted by atomic mass is 9.49. The summed E-state index contributed by atoms with van der Waals surface area (Å²) in [7, 11) is 0. The minimum atomic E-state index is 0.500. The van der Waals surface area contributed by atoms with Crippen molar-refractivity contribution in [2.75, 3.05) is 19.6 Å². The molecule has 3 saturated carbocycles. The van der Waals surface area contributed by atoms with E-state index in [-0.39, 0.29) is 0 Å². The first-order valence-corrected chi connectivity index (χ1v) is 35.6. The Labute approximate surface area is 489 Å². The van der Waals surface area contributed by atoms with Crippen molar-refractivity contribution >= 4 is 0 Å². The van der Waals surface area contributed by atoms with Crippen molar-refractivity contribution in [2.45, 2.75) is 385 Å². The molecule has 0 aromatic carbocycles. The van der Waals surface area contributed by atoms with Crippen LogP contribution < -0.4 is 0 Å². The van der Waals surface area contributed by atoms with Gasteiger partial charge in [-0.1, -0.05) is 327 Å². The third-order valence-corrected chi connectivity index (χ3v) is 17.8. The van der Waals surface area contributed by atoms with Gasteiger partial charge in [0.25, 0.3) is 0 Å². The SMILES string of the molecule is CC.CC.CC.CC(C)(C)C.CC/C=C\CCCCC.CCC1C(C2(C)CCC(C)CC2)CCC2(C)C1CCC2[C@H](C)CCCC(C)C.CCCC.CCCCC(CC)CN1CCC(C)C1.CCCCCCCCCC. The smallest absolute Gasteiger partial charge is 0.000967 e. The maximum absolute atomic E-state index is 2.73. The first-order chi connectivity index (χ1) is 36.2. The third-order valence-electron chi connectivity index (χ3n) is 17.8. The second-order valence-electron chi connectivity index (χ2n) is 27.2. The van der Waals surface area contributed by atoms with Gasteiger partial charge in [-0.2, -0.15) is 0 Å². The van der Waals surface area contributed by atoms with E-state index >= 15 is 0 Å². The molecule has 8 atom stereocenters. The van der Waals surface area contributed by atoms with Crippen molar-refractivity contribution in [2.24, 2.45) is 69.5 Å². The second-order valence-corrected chi connectivity index (χ2v) is 27.2.